The van der Waals surface area contributed by atoms with Crippen molar-refractivity contribution in [3.05, 3.63) is 36.3 Å². The van der Waals surface area contributed by atoms with Gasteiger partial charge in [0, 0.05) is 18.0 Å². The number of hydrogen-bond donors (Lipinski definition) is 0. The lowest BCUT2D eigenvalue weighted by Gasteiger charge is -1.97. The van der Waals surface area contributed by atoms with Gasteiger partial charge in [0.25, 0.3) is 0 Å². The van der Waals surface area contributed by atoms with Crippen LogP contribution in [0, 0.1) is 0 Å². The van der Waals surface area contributed by atoms with E-state index in [9.17, 15) is 0 Å². The Hall–Kier alpha value is -1.44. The Labute approximate surface area is 71.3 Å². The van der Waals surface area contributed by atoms with Crippen molar-refractivity contribution >= 4 is 10.9 Å². The van der Waals surface area contributed by atoms with Gasteiger partial charge in [0.15, 0.2) is 0 Å². The Kier molecular flexibility index (Phi) is 1.74. The summed E-state index contributed by atoms with van der Waals surface area (Å²) in [6, 6.07) is 8.02. The number of aromatic nitrogens is 2. The van der Waals surface area contributed by atoms with Crippen LogP contribution in [0.3, 0.4) is 0 Å². The number of nitrogens with zero attached hydrogens (tertiary/aromatic N) is 2. The Bertz CT molecular complexity index is 396. The second-order valence-electron chi connectivity index (χ2n) is 2.70. The van der Waals surface area contributed by atoms with Gasteiger partial charge in [-0.15, -0.1) is 0 Å². The van der Waals surface area contributed by atoms with Crippen molar-refractivity contribution in [1.29, 1.82) is 0 Å². The fourth-order valence-electron chi connectivity index (χ4n) is 1.18. The number of fused-ring (bicyclic) bond motifs is 1. The maximum Gasteiger partial charge on any atom is 0.128 e. The van der Waals surface area contributed by atoms with Crippen LogP contribution in [-0.4, -0.2) is 9.97 Å². The summed E-state index contributed by atoms with van der Waals surface area (Å²) in [6.07, 6.45) is 2.77. The summed E-state index contributed by atoms with van der Waals surface area (Å²) in [5.41, 5.74) is 1.03. The van der Waals surface area contributed by atoms with Crippen molar-refractivity contribution < 1.29 is 0 Å². The summed E-state index contributed by atoms with van der Waals surface area (Å²) in [7, 11) is 0. The van der Waals surface area contributed by atoms with Crippen LogP contribution in [0.5, 0.6) is 0 Å². The molecule has 1 aromatic carbocycles. The van der Waals surface area contributed by atoms with Crippen molar-refractivity contribution in [3.63, 3.8) is 0 Å². The molecule has 60 valence electrons. The summed E-state index contributed by atoms with van der Waals surface area (Å²) in [6.45, 7) is 2.06. The van der Waals surface area contributed by atoms with Crippen LogP contribution in [0.25, 0.3) is 10.9 Å². The number of benzene rings is 1. The first-order valence-electron chi connectivity index (χ1n) is 4.11. The summed E-state index contributed by atoms with van der Waals surface area (Å²) in [5.74, 6) is 0.911. The molecule has 0 aliphatic carbocycles. The Balaban J connectivity index is 2.67. The molecule has 2 nitrogen and oxygen atoms in total. The van der Waals surface area contributed by atoms with Crippen LogP contribution in [0.2, 0.25) is 0 Å². The second-order valence-corrected chi connectivity index (χ2v) is 2.70. The molecule has 0 amide bonds. The average molecular weight is 158 g/mol. The molecule has 1 heterocycles. The lowest BCUT2D eigenvalue weighted by molar-refractivity contribution is 0.961. The van der Waals surface area contributed by atoms with Crippen LogP contribution in [0.15, 0.2) is 30.5 Å². The normalized spacial score (nSPS) is 10.4. The Morgan fingerprint density at radius 2 is 2.08 bits per heavy atom. The highest BCUT2D eigenvalue weighted by atomic mass is 14.9. The van der Waals surface area contributed by atoms with E-state index in [0.29, 0.717) is 0 Å². The highest BCUT2D eigenvalue weighted by Crippen LogP contribution is 2.09. The van der Waals surface area contributed by atoms with Crippen LogP contribution in [-0.2, 0) is 6.42 Å². The maximum absolute atomic E-state index is 4.38. The van der Waals surface area contributed by atoms with Gasteiger partial charge in [0.05, 0.1) is 5.52 Å². The zero-order chi connectivity index (χ0) is 8.39. The topological polar surface area (TPSA) is 25.8 Å². The molecule has 1 aromatic heterocycles. The quantitative estimate of drug-likeness (QED) is 0.635. The lowest BCUT2D eigenvalue weighted by Crippen LogP contribution is -1.91. The van der Waals surface area contributed by atoms with E-state index in [-0.39, 0.29) is 0 Å². The minimum atomic E-state index is 0.894. The van der Waals surface area contributed by atoms with E-state index < -0.39 is 0 Å². The van der Waals surface area contributed by atoms with E-state index in [1.165, 1.54) is 0 Å². The molecule has 12 heavy (non-hydrogen) atoms. The first-order valence-corrected chi connectivity index (χ1v) is 4.11. The molecule has 0 aliphatic heterocycles. The highest BCUT2D eigenvalue weighted by molar-refractivity contribution is 5.77. The zero-order valence-corrected chi connectivity index (χ0v) is 6.99. The third-order valence-corrected chi connectivity index (χ3v) is 1.86. The Morgan fingerprint density at radius 3 is 2.92 bits per heavy atom. The van der Waals surface area contributed by atoms with E-state index in [4.69, 9.17) is 0 Å². The van der Waals surface area contributed by atoms with E-state index >= 15 is 0 Å². The van der Waals surface area contributed by atoms with Gasteiger partial charge in [-0.05, 0) is 6.07 Å². The van der Waals surface area contributed by atoms with Gasteiger partial charge in [-0.3, -0.25) is 0 Å². The molecule has 2 rings (SSSR count). The summed E-state index contributed by atoms with van der Waals surface area (Å²) in [5, 5.41) is 1.11. The fourth-order valence-corrected chi connectivity index (χ4v) is 1.18. The molecule has 0 fully saturated rings. The molecule has 2 aromatic rings. The number of para-hydroxylation sites is 1. The van der Waals surface area contributed by atoms with Gasteiger partial charge in [-0.2, -0.15) is 0 Å². The van der Waals surface area contributed by atoms with E-state index in [1.807, 2.05) is 30.5 Å². The summed E-state index contributed by atoms with van der Waals surface area (Å²) >= 11 is 0. The molecule has 0 bridgehead atoms. The molecule has 0 unspecified atom stereocenters. The van der Waals surface area contributed by atoms with Gasteiger partial charge in [-0.1, -0.05) is 25.1 Å². The van der Waals surface area contributed by atoms with Crippen molar-refractivity contribution in [2.75, 3.05) is 0 Å². The molecule has 0 radical (unpaired) electrons. The third-order valence-electron chi connectivity index (χ3n) is 1.86. The first-order chi connectivity index (χ1) is 5.90. The maximum atomic E-state index is 4.38. The van der Waals surface area contributed by atoms with Gasteiger partial charge < -0.3 is 0 Å². The van der Waals surface area contributed by atoms with Gasteiger partial charge >= 0.3 is 0 Å². The summed E-state index contributed by atoms with van der Waals surface area (Å²) in [4.78, 5) is 8.60. The molecule has 0 N–H and O–H groups in total. The third kappa shape index (κ3) is 1.16. The second kappa shape index (κ2) is 2.89. The monoisotopic (exact) mass is 158 g/mol. The predicted molar refractivity (Wildman–Crippen MR) is 48.9 cm³/mol. The van der Waals surface area contributed by atoms with Gasteiger partial charge in [-0.25, -0.2) is 9.97 Å². The lowest BCUT2D eigenvalue weighted by atomic mass is 10.2. The van der Waals surface area contributed by atoms with Gasteiger partial charge in [0.2, 0.25) is 0 Å². The molecular formula is C10H10N2. The Morgan fingerprint density at radius 1 is 1.25 bits per heavy atom. The smallest absolute Gasteiger partial charge is 0.128 e. The molecule has 0 spiro atoms. The molecule has 0 saturated carbocycles. The number of rotatable bonds is 1. The van der Waals surface area contributed by atoms with Crippen LogP contribution in [0.4, 0.5) is 0 Å². The summed E-state index contributed by atoms with van der Waals surface area (Å²) < 4.78 is 0. The minimum absolute atomic E-state index is 0.894. The van der Waals surface area contributed by atoms with E-state index in [2.05, 4.69) is 16.9 Å². The molecule has 0 atom stereocenters. The average Bonchev–Trinajstić information content (AvgIpc) is 2.17. The van der Waals surface area contributed by atoms with Crippen LogP contribution in [0.1, 0.15) is 12.7 Å². The van der Waals surface area contributed by atoms with Crippen molar-refractivity contribution in [3.8, 4) is 0 Å². The first kappa shape index (κ1) is 7.22. The van der Waals surface area contributed by atoms with Crippen LogP contribution >= 0.6 is 0 Å². The molecule has 2 heteroatoms. The zero-order valence-electron chi connectivity index (χ0n) is 6.99. The van der Waals surface area contributed by atoms with Crippen molar-refractivity contribution in [2.24, 2.45) is 0 Å². The number of hydrogen-bond acceptors (Lipinski definition) is 2. The largest absolute Gasteiger partial charge is 0.241 e. The SMILES string of the molecule is CCc1ncc2ccccc2n1. The molecule has 0 aliphatic rings. The standard InChI is InChI=1S/C10H10N2/c1-2-10-11-7-8-5-3-4-6-9(8)12-10/h3-7H,2H2,1H3. The fraction of sp³-hybridized carbons (Fsp3) is 0.200. The minimum Gasteiger partial charge on any atom is -0.241 e. The van der Waals surface area contributed by atoms with E-state index in [0.717, 1.165) is 23.1 Å². The van der Waals surface area contributed by atoms with Crippen molar-refractivity contribution in [1.82, 2.24) is 9.97 Å². The van der Waals surface area contributed by atoms with Gasteiger partial charge in [0.1, 0.15) is 5.82 Å². The number of aryl methyl sites for hydroxylation is 1. The van der Waals surface area contributed by atoms with Crippen molar-refractivity contribution in [2.45, 2.75) is 13.3 Å². The van der Waals surface area contributed by atoms with E-state index in [1.54, 1.807) is 0 Å². The highest BCUT2D eigenvalue weighted by Gasteiger charge is 1.95. The van der Waals surface area contributed by atoms with Crippen LogP contribution < -0.4 is 0 Å². The molecular weight excluding hydrogens is 148 g/mol. The molecule has 0 saturated heterocycles. The predicted octanol–water partition coefficient (Wildman–Crippen LogP) is 2.19.